The Hall–Kier alpha value is -1.35. The molecule has 2 aliphatic rings. The SMILES string of the molecule is CC1CN2C(=O)c3ccccc3CC2CN1. The third-order valence-electron chi connectivity index (χ3n) is 3.58. The Morgan fingerprint density at radius 3 is 3.06 bits per heavy atom. The maximum atomic E-state index is 12.3. The van der Waals surface area contributed by atoms with Gasteiger partial charge in [0.1, 0.15) is 0 Å². The first-order chi connectivity index (χ1) is 7.75. The van der Waals surface area contributed by atoms with Gasteiger partial charge in [0.25, 0.3) is 5.91 Å². The average Bonchev–Trinajstić information content (AvgIpc) is 2.31. The summed E-state index contributed by atoms with van der Waals surface area (Å²) in [6, 6.07) is 8.73. The smallest absolute Gasteiger partial charge is 0.254 e. The van der Waals surface area contributed by atoms with E-state index in [1.54, 1.807) is 0 Å². The summed E-state index contributed by atoms with van der Waals surface area (Å²) in [7, 11) is 0. The minimum atomic E-state index is 0.209. The van der Waals surface area contributed by atoms with E-state index in [9.17, 15) is 4.79 Å². The normalized spacial score (nSPS) is 28.6. The fourth-order valence-corrected chi connectivity index (χ4v) is 2.70. The predicted molar refractivity (Wildman–Crippen MR) is 62.4 cm³/mol. The molecule has 2 heterocycles. The quantitative estimate of drug-likeness (QED) is 0.703. The topological polar surface area (TPSA) is 32.3 Å². The van der Waals surface area contributed by atoms with Crippen LogP contribution in [0.3, 0.4) is 0 Å². The van der Waals surface area contributed by atoms with Crippen LogP contribution in [0.4, 0.5) is 0 Å². The standard InChI is InChI=1S/C13H16N2O/c1-9-8-15-11(7-14-9)6-10-4-2-3-5-12(10)13(15)16/h2-5,9,11,14H,6-8H2,1H3. The number of hydrogen-bond acceptors (Lipinski definition) is 2. The number of carbonyl (C=O) groups is 1. The highest BCUT2D eigenvalue weighted by molar-refractivity contribution is 5.97. The molecule has 1 aromatic carbocycles. The molecule has 2 atom stereocenters. The van der Waals surface area contributed by atoms with Gasteiger partial charge in [-0.2, -0.15) is 0 Å². The summed E-state index contributed by atoms with van der Waals surface area (Å²) < 4.78 is 0. The second-order valence-corrected chi connectivity index (χ2v) is 4.78. The van der Waals surface area contributed by atoms with E-state index in [1.807, 2.05) is 23.1 Å². The molecule has 1 fully saturated rings. The molecule has 0 spiro atoms. The minimum absolute atomic E-state index is 0.209. The van der Waals surface area contributed by atoms with Gasteiger partial charge in [-0.15, -0.1) is 0 Å². The lowest BCUT2D eigenvalue weighted by Gasteiger charge is -2.42. The van der Waals surface area contributed by atoms with Gasteiger partial charge in [0.15, 0.2) is 0 Å². The van der Waals surface area contributed by atoms with Gasteiger partial charge in [-0.1, -0.05) is 18.2 Å². The monoisotopic (exact) mass is 216 g/mol. The van der Waals surface area contributed by atoms with Crippen molar-refractivity contribution in [3.05, 3.63) is 35.4 Å². The molecule has 3 rings (SSSR count). The van der Waals surface area contributed by atoms with Crippen LogP contribution >= 0.6 is 0 Å². The predicted octanol–water partition coefficient (Wildman–Crippen LogP) is 1.05. The van der Waals surface area contributed by atoms with E-state index in [0.29, 0.717) is 12.1 Å². The lowest BCUT2D eigenvalue weighted by Crippen LogP contribution is -2.59. The maximum absolute atomic E-state index is 12.3. The van der Waals surface area contributed by atoms with Gasteiger partial charge in [0.2, 0.25) is 0 Å². The van der Waals surface area contributed by atoms with Crippen molar-refractivity contribution >= 4 is 5.91 Å². The largest absolute Gasteiger partial charge is 0.332 e. The van der Waals surface area contributed by atoms with Gasteiger partial charge in [-0.25, -0.2) is 0 Å². The summed E-state index contributed by atoms with van der Waals surface area (Å²) in [5.74, 6) is 0.209. The Balaban J connectivity index is 1.98. The second-order valence-electron chi connectivity index (χ2n) is 4.78. The number of fused-ring (bicyclic) bond motifs is 2. The number of piperazine rings is 1. The zero-order chi connectivity index (χ0) is 11.1. The molecule has 0 saturated carbocycles. The summed E-state index contributed by atoms with van der Waals surface area (Å²) >= 11 is 0. The summed E-state index contributed by atoms with van der Waals surface area (Å²) in [4.78, 5) is 14.3. The Morgan fingerprint density at radius 1 is 1.38 bits per heavy atom. The Labute approximate surface area is 95.4 Å². The summed E-state index contributed by atoms with van der Waals surface area (Å²) in [6.07, 6.45) is 0.988. The fourth-order valence-electron chi connectivity index (χ4n) is 2.70. The van der Waals surface area contributed by atoms with E-state index in [0.717, 1.165) is 25.1 Å². The van der Waals surface area contributed by atoms with Gasteiger partial charge in [-0.3, -0.25) is 4.79 Å². The molecule has 2 aliphatic heterocycles. The molecule has 2 unspecified atom stereocenters. The molecule has 1 N–H and O–H groups in total. The third kappa shape index (κ3) is 1.43. The number of benzene rings is 1. The van der Waals surface area contributed by atoms with E-state index in [2.05, 4.69) is 18.3 Å². The van der Waals surface area contributed by atoms with E-state index in [4.69, 9.17) is 0 Å². The summed E-state index contributed by atoms with van der Waals surface area (Å²) in [5.41, 5.74) is 2.10. The first-order valence-corrected chi connectivity index (χ1v) is 5.88. The van der Waals surface area contributed by atoms with Crippen LogP contribution in [0, 0.1) is 0 Å². The van der Waals surface area contributed by atoms with Crippen LogP contribution in [0.2, 0.25) is 0 Å². The maximum Gasteiger partial charge on any atom is 0.254 e. The van der Waals surface area contributed by atoms with Crippen LogP contribution in [0.5, 0.6) is 0 Å². The number of nitrogens with one attached hydrogen (secondary N) is 1. The second kappa shape index (κ2) is 3.59. The molecule has 0 radical (unpaired) electrons. The van der Waals surface area contributed by atoms with Crippen molar-refractivity contribution in [2.24, 2.45) is 0 Å². The highest BCUT2D eigenvalue weighted by atomic mass is 16.2. The molecule has 0 bridgehead atoms. The number of carbonyl (C=O) groups excluding carboxylic acids is 1. The van der Waals surface area contributed by atoms with Crippen LogP contribution in [-0.2, 0) is 6.42 Å². The highest BCUT2D eigenvalue weighted by Crippen LogP contribution is 2.24. The molecular weight excluding hydrogens is 200 g/mol. The Morgan fingerprint density at radius 2 is 2.19 bits per heavy atom. The van der Waals surface area contributed by atoms with Crippen molar-refractivity contribution < 1.29 is 4.79 Å². The summed E-state index contributed by atoms with van der Waals surface area (Å²) in [6.45, 7) is 3.88. The van der Waals surface area contributed by atoms with Crippen LogP contribution in [0.1, 0.15) is 22.8 Å². The third-order valence-corrected chi connectivity index (χ3v) is 3.58. The van der Waals surface area contributed by atoms with Crippen LogP contribution in [0.25, 0.3) is 0 Å². The van der Waals surface area contributed by atoms with Crippen LogP contribution in [-0.4, -0.2) is 36.0 Å². The van der Waals surface area contributed by atoms with Gasteiger partial charge >= 0.3 is 0 Å². The van der Waals surface area contributed by atoms with Crippen LogP contribution < -0.4 is 5.32 Å². The lowest BCUT2D eigenvalue weighted by atomic mass is 9.91. The van der Waals surface area contributed by atoms with Crippen molar-refractivity contribution in [3.63, 3.8) is 0 Å². The fraction of sp³-hybridized carbons (Fsp3) is 0.462. The van der Waals surface area contributed by atoms with Crippen molar-refractivity contribution in [1.82, 2.24) is 10.2 Å². The summed E-state index contributed by atoms with van der Waals surface area (Å²) in [5, 5.41) is 3.44. The first-order valence-electron chi connectivity index (χ1n) is 5.88. The molecule has 84 valence electrons. The van der Waals surface area contributed by atoms with E-state index < -0.39 is 0 Å². The van der Waals surface area contributed by atoms with Crippen molar-refractivity contribution in [3.8, 4) is 0 Å². The van der Waals surface area contributed by atoms with Gasteiger partial charge < -0.3 is 10.2 Å². The van der Waals surface area contributed by atoms with E-state index in [1.165, 1.54) is 5.56 Å². The molecular formula is C13H16N2O. The number of hydrogen-bond donors (Lipinski definition) is 1. The lowest BCUT2D eigenvalue weighted by molar-refractivity contribution is 0.0562. The Bertz CT molecular complexity index is 430. The Kier molecular flexibility index (Phi) is 2.21. The number of nitrogens with zero attached hydrogens (tertiary/aromatic N) is 1. The number of amides is 1. The zero-order valence-corrected chi connectivity index (χ0v) is 9.44. The molecule has 1 saturated heterocycles. The molecule has 1 aromatic rings. The zero-order valence-electron chi connectivity index (χ0n) is 9.44. The van der Waals surface area contributed by atoms with Crippen molar-refractivity contribution in [2.75, 3.05) is 13.1 Å². The van der Waals surface area contributed by atoms with E-state index in [-0.39, 0.29) is 5.91 Å². The first kappa shape index (κ1) is 9.85. The van der Waals surface area contributed by atoms with Crippen molar-refractivity contribution in [2.45, 2.75) is 25.4 Å². The van der Waals surface area contributed by atoms with Gasteiger partial charge in [0, 0.05) is 30.7 Å². The van der Waals surface area contributed by atoms with Crippen LogP contribution in [0.15, 0.2) is 24.3 Å². The minimum Gasteiger partial charge on any atom is -0.332 e. The molecule has 16 heavy (non-hydrogen) atoms. The molecule has 1 amide bonds. The van der Waals surface area contributed by atoms with E-state index >= 15 is 0 Å². The average molecular weight is 216 g/mol. The molecule has 3 nitrogen and oxygen atoms in total. The highest BCUT2D eigenvalue weighted by Gasteiger charge is 2.35. The van der Waals surface area contributed by atoms with Crippen molar-refractivity contribution in [1.29, 1.82) is 0 Å². The van der Waals surface area contributed by atoms with Gasteiger partial charge in [0.05, 0.1) is 0 Å². The molecule has 0 aromatic heterocycles. The van der Waals surface area contributed by atoms with Gasteiger partial charge in [-0.05, 0) is 25.0 Å². The number of rotatable bonds is 0. The molecule has 0 aliphatic carbocycles. The molecule has 3 heteroatoms.